The van der Waals surface area contributed by atoms with Crippen molar-refractivity contribution in [3.63, 3.8) is 0 Å². The minimum Gasteiger partial charge on any atom is -0.371 e. The molecule has 2 heterocycles. The van der Waals surface area contributed by atoms with Gasteiger partial charge < -0.3 is 4.90 Å². The first-order chi connectivity index (χ1) is 13.6. The van der Waals surface area contributed by atoms with E-state index in [9.17, 15) is 4.79 Å². The highest BCUT2D eigenvalue weighted by atomic mass is 16.1. The van der Waals surface area contributed by atoms with Gasteiger partial charge in [-0.15, -0.1) is 0 Å². The number of anilines is 1. The van der Waals surface area contributed by atoms with Crippen molar-refractivity contribution in [2.24, 2.45) is 0 Å². The lowest BCUT2D eigenvalue weighted by Crippen LogP contribution is -2.33. The summed E-state index contributed by atoms with van der Waals surface area (Å²) in [5, 5.41) is 6.21. The lowest BCUT2D eigenvalue weighted by molar-refractivity contribution is 0.240. The molecule has 5 nitrogen and oxygen atoms in total. The molecule has 0 aliphatic carbocycles. The first-order valence-electron chi connectivity index (χ1n) is 10.1. The van der Waals surface area contributed by atoms with Crippen molar-refractivity contribution >= 4 is 16.5 Å². The third kappa shape index (κ3) is 3.80. The van der Waals surface area contributed by atoms with E-state index in [-0.39, 0.29) is 5.56 Å². The molecule has 0 saturated carbocycles. The third-order valence-corrected chi connectivity index (χ3v) is 5.56. The fourth-order valence-corrected chi connectivity index (χ4v) is 4.16. The molecule has 5 heteroatoms. The van der Waals surface area contributed by atoms with E-state index in [1.807, 2.05) is 38.2 Å². The number of aromatic nitrogens is 2. The van der Waals surface area contributed by atoms with Gasteiger partial charge in [-0.1, -0.05) is 36.4 Å². The Morgan fingerprint density at radius 1 is 0.964 bits per heavy atom. The Labute approximate surface area is 166 Å². The number of nitrogens with zero attached hydrogens (tertiary/aromatic N) is 4. The van der Waals surface area contributed by atoms with Crippen LogP contribution in [0.1, 0.15) is 30.5 Å². The van der Waals surface area contributed by atoms with E-state index in [0.717, 1.165) is 36.1 Å². The summed E-state index contributed by atoms with van der Waals surface area (Å²) in [4.78, 5) is 17.5. The minimum atomic E-state index is -0.0302. The van der Waals surface area contributed by atoms with Crippen LogP contribution < -0.4 is 10.5 Å². The highest BCUT2D eigenvalue weighted by molar-refractivity contribution is 5.83. The normalized spacial score (nSPS) is 14.8. The maximum atomic E-state index is 12.8. The molecule has 0 spiro atoms. The molecule has 0 amide bonds. The van der Waals surface area contributed by atoms with Crippen molar-refractivity contribution < 1.29 is 0 Å². The zero-order valence-electron chi connectivity index (χ0n) is 16.8. The third-order valence-electron chi connectivity index (χ3n) is 5.56. The minimum absolute atomic E-state index is 0.0302. The van der Waals surface area contributed by atoms with E-state index >= 15 is 0 Å². The van der Waals surface area contributed by atoms with Gasteiger partial charge in [0.15, 0.2) is 0 Å². The van der Waals surface area contributed by atoms with Crippen molar-refractivity contribution in [1.82, 2.24) is 14.7 Å². The summed E-state index contributed by atoms with van der Waals surface area (Å²) in [6.07, 6.45) is 3.86. The number of rotatable bonds is 5. The van der Waals surface area contributed by atoms with Crippen LogP contribution in [0.4, 0.5) is 5.69 Å². The monoisotopic (exact) mass is 376 g/mol. The van der Waals surface area contributed by atoms with Crippen LogP contribution in [0, 0.1) is 6.92 Å². The Bertz CT molecular complexity index is 1020. The van der Waals surface area contributed by atoms with E-state index in [1.54, 1.807) is 4.68 Å². The molecule has 1 saturated heterocycles. The highest BCUT2D eigenvalue weighted by Gasteiger charge is 2.16. The van der Waals surface area contributed by atoms with Crippen LogP contribution >= 0.6 is 0 Å². The standard InChI is InChI=1S/C23H28N4O/c1-18-20-11-5-6-12-21(20)23(28)27(24-18)17-25(2)16-19-10-4-7-13-22(19)26-14-8-3-9-15-26/h4-7,10-13H,3,8-9,14-17H2,1-2H3. The summed E-state index contributed by atoms with van der Waals surface area (Å²) >= 11 is 0. The van der Waals surface area contributed by atoms with Crippen LogP contribution in [0.2, 0.25) is 0 Å². The summed E-state index contributed by atoms with van der Waals surface area (Å²) in [5.41, 5.74) is 3.48. The van der Waals surface area contributed by atoms with Gasteiger partial charge in [0.2, 0.25) is 0 Å². The van der Waals surface area contributed by atoms with E-state index in [2.05, 4.69) is 39.2 Å². The lowest BCUT2D eigenvalue weighted by atomic mass is 10.1. The molecule has 0 atom stereocenters. The van der Waals surface area contributed by atoms with Gasteiger partial charge in [-0.25, -0.2) is 4.68 Å². The number of para-hydroxylation sites is 1. The van der Waals surface area contributed by atoms with Gasteiger partial charge in [0.25, 0.3) is 5.56 Å². The quantitative estimate of drug-likeness (QED) is 0.679. The van der Waals surface area contributed by atoms with Gasteiger partial charge in [-0.05, 0) is 50.9 Å². The van der Waals surface area contributed by atoms with E-state index in [1.165, 1.54) is 30.5 Å². The summed E-state index contributed by atoms with van der Waals surface area (Å²) < 4.78 is 1.58. The average molecular weight is 377 g/mol. The number of piperidine rings is 1. The van der Waals surface area contributed by atoms with Crippen LogP contribution in [0.15, 0.2) is 53.3 Å². The molecule has 1 aliphatic rings. The zero-order chi connectivity index (χ0) is 19.5. The number of hydrogen-bond acceptors (Lipinski definition) is 4. The van der Waals surface area contributed by atoms with Crippen LogP contribution in [0.5, 0.6) is 0 Å². The molecular formula is C23H28N4O. The fourth-order valence-electron chi connectivity index (χ4n) is 4.16. The van der Waals surface area contributed by atoms with Crippen LogP contribution in [-0.2, 0) is 13.2 Å². The van der Waals surface area contributed by atoms with Crippen molar-refractivity contribution in [3.05, 3.63) is 70.1 Å². The molecule has 0 radical (unpaired) electrons. The first kappa shape index (κ1) is 18.7. The molecule has 146 valence electrons. The molecular weight excluding hydrogens is 348 g/mol. The Kier molecular flexibility index (Phi) is 5.44. The van der Waals surface area contributed by atoms with Gasteiger partial charge in [0.05, 0.1) is 17.7 Å². The van der Waals surface area contributed by atoms with Gasteiger partial charge in [-0.2, -0.15) is 5.10 Å². The number of hydrogen-bond donors (Lipinski definition) is 0. The summed E-state index contributed by atoms with van der Waals surface area (Å²) in [6.45, 7) is 5.48. The smallest absolute Gasteiger partial charge is 0.275 e. The van der Waals surface area contributed by atoms with Gasteiger partial charge in [-0.3, -0.25) is 9.69 Å². The predicted octanol–water partition coefficient (Wildman–Crippen LogP) is 3.78. The Hall–Kier alpha value is -2.66. The molecule has 0 N–H and O–H groups in total. The predicted molar refractivity (Wildman–Crippen MR) is 115 cm³/mol. The first-order valence-corrected chi connectivity index (χ1v) is 10.1. The largest absolute Gasteiger partial charge is 0.371 e. The lowest BCUT2D eigenvalue weighted by Gasteiger charge is -2.31. The van der Waals surface area contributed by atoms with Crippen molar-refractivity contribution in [2.75, 3.05) is 25.0 Å². The second-order valence-corrected chi connectivity index (χ2v) is 7.77. The molecule has 0 bridgehead atoms. The maximum absolute atomic E-state index is 12.8. The van der Waals surface area contributed by atoms with Crippen LogP contribution in [-0.4, -0.2) is 34.8 Å². The Morgan fingerprint density at radius 3 is 2.43 bits per heavy atom. The van der Waals surface area contributed by atoms with E-state index in [0.29, 0.717) is 6.67 Å². The van der Waals surface area contributed by atoms with Gasteiger partial charge in [0, 0.05) is 30.7 Å². The van der Waals surface area contributed by atoms with Crippen LogP contribution in [0.3, 0.4) is 0 Å². The zero-order valence-corrected chi connectivity index (χ0v) is 16.8. The molecule has 4 rings (SSSR count). The Balaban J connectivity index is 1.56. The molecule has 1 aromatic heterocycles. The maximum Gasteiger partial charge on any atom is 0.275 e. The van der Waals surface area contributed by atoms with Gasteiger partial charge >= 0.3 is 0 Å². The molecule has 0 unspecified atom stereocenters. The van der Waals surface area contributed by atoms with Crippen LogP contribution in [0.25, 0.3) is 10.8 Å². The number of benzene rings is 2. The van der Waals surface area contributed by atoms with E-state index in [4.69, 9.17) is 0 Å². The molecule has 3 aromatic rings. The van der Waals surface area contributed by atoms with Crippen molar-refractivity contribution in [1.29, 1.82) is 0 Å². The van der Waals surface area contributed by atoms with Crippen molar-refractivity contribution in [2.45, 2.75) is 39.4 Å². The summed E-state index contributed by atoms with van der Waals surface area (Å²) in [5.74, 6) is 0. The van der Waals surface area contributed by atoms with Gasteiger partial charge in [0.1, 0.15) is 0 Å². The molecule has 1 aliphatic heterocycles. The van der Waals surface area contributed by atoms with E-state index < -0.39 is 0 Å². The SMILES string of the molecule is Cc1nn(CN(C)Cc2ccccc2N2CCCCC2)c(=O)c2ccccc12. The molecule has 1 fully saturated rings. The fraction of sp³-hybridized carbons (Fsp3) is 0.391. The number of aryl methyl sites for hydroxylation is 1. The Morgan fingerprint density at radius 2 is 1.64 bits per heavy atom. The summed E-state index contributed by atoms with van der Waals surface area (Å²) in [7, 11) is 2.05. The summed E-state index contributed by atoms with van der Waals surface area (Å²) in [6, 6.07) is 16.3. The number of fused-ring (bicyclic) bond motifs is 1. The highest BCUT2D eigenvalue weighted by Crippen LogP contribution is 2.25. The second-order valence-electron chi connectivity index (χ2n) is 7.77. The molecule has 2 aromatic carbocycles. The topological polar surface area (TPSA) is 41.4 Å². The average Bonchev–Trinajstić information content (AvgIpc) is 2.73. The van der Waals surface area contributed by atoms with Crippen molar-refractivity contribution in [3.8, 4) is 0 Å². The second kappa shape index (κ2) is 8.15. The molecule has 28 heavy (non-hydrogen) atoms.